The molecule has 0 aliphatic rings. The van der Waals surface area contributed by atoms with Crippen LogP contribution in [0.25, 0.3) is 22.3 Å². The van der Waals surface area contributed by atoms with Crippen LogP contribution in [-0.2, 0) is 24.1 Å². The molecule has 0 atom stereocenters. The molecule has 0 heterocycles. The van der Waals surface area contributed by atoms with E-state index in [1.807, 2.05) is 0 Å². The molecule has 0 saturated carbocycles. The van der Waals surface area contributed by atoms with E-state index in [-0.39, 0.29) is 5.91 Å². The summed E-state index contributed by atoms with van der Waals surface area (Å²) in [6, 6.07) is 24.8. The predicted molar refractivity (Wildman–Crippen MR) is 141 cm³/mol. The van der Waals surface area contributed by atoms with E-state index in [0.717, 1.165) is 19.3 Å². The van der Waals surface area contributed by atoms with Gasteiger partial charge in [-0.25, -0.2) is 0 Å². The third-order valence-electron chi connectivity index (χ3n) is 6.23. The van der Waals surface area contributed by atoms with Gasteiger partial charge in [-0.1, -0.05) is 100.0 Å². The van der Waals surface area contributed by atoms with Gasteiger partial charge in [0.15, 0.2) is 0 Å². The van der Waals surface area contributed by atoms with E-state index < -0.39 is 0 Å². The first-order chi connectivity index (χ1) is 16.1. The fourth-order valence-electron chi connectivity index (χ4n) is 4.22. The summed E-state index contributed by atoms with van der Waals surface area (Å²) in [6.07, 6.45) is 9.21. The first-order valence-electron chi connectivity index (χ1n) is 12.4. The Labute approximate surface area is 199 Å². The Morgan fingerprint density at radius 3 is 2.00 bits per heavy atom. The van der Waals surface area contributed by atoms with Crippen LogP contribution >= 0.6 is 0 Å². The van der Waals surface area contributed by atoms with Crippen LogP contribution in [0.2, 0.25) is 0 Å². The normalized spacial score (nSPS) is 10.7. The van der Waals surface area contributed by atoms with E-state index in [9.17, 15) is 4.79 Å². The third kappa shape index (κ3) is 7.18. The topological polar surface area (TPSA) is 29.1 Å². The van der Waals surface area contributed by atoms with Gasteiger partial charge in [-0.2, -0.15) is 0 Å². The fraction of sp³-hybridized carbons (Fsp3) is 0.323. The average molecular weight is 440 g/mol. The van der Waals surface area contributed by atoms with Crippen LogP contribution in [0.1, 0.15) is 56.2 Å². The number of hydrogen-bond acceptors (Lipinski definition) is 1. The van der Waals surface area contributed by atoms with Crippen molar-refractivity contribution in [1.29, 1.82) is 0 Å². The van der Waals surface area contributed by atoms with Gasteiger partial charge in [0.25, 0.3) is 0 Å². The van der Waals surface area contributed by atoms with Crippen LogP contribution in [0.4, 0.5) is 0 Å². The lowest BCUT2D eigenvalue weighted by atomic mass is 9.92. The molecule has 0 saturated heterocycles. The quantitative estimate of drug-likeness (QED) is 0.229. The molecule has 1 N–H and O–H groups in total. The SMILES string of the molecule is C=CC(=O)NCCCc1ccc(-c2ccc(-c3ccc(CCCCC)cc3)c(CC)c2)cc1. The number of carbonyl (C=O) groups is 1. The largest absolute Gasteiger partial charge is 0.353 e. The molecule has 1 amide bonds. The monoisotopic (exact) mass is 439 g/mol. The molecule has 2 nitrogen and oxygen atoms in total. The number of aryl methyl sites for hydroxylation is 3. The molecule has 33 heavy (non-hydrogen) atoms. The highest BCUT2D eigenvalue weighted by Gasteiger charge is 2.07. The lowest BCUT2D eigenvalue weighted by molar-refractivity contribution is -0.116. The number of benzene rings is 3. The van der Waals surface area contributed by atoms with Crippen LogP contribution in [-0.4, -0.2) is 12.5 Å². The molecule has 0 aromatic heterocycles. The molecule has 2 heteroatoms. The Bertz CT molecular complexity index is 1030. The maximum absolute atomic E-state index is 11.2. The first kappa shape index (κ1) is 24.5. The van der Waals surface area contributed by atoms with Gasteiger partial charge in [0.1, 0.15) is 0 Å². The van der Waals surface area contributed by atoms with Crippen molar-refractivity contribution >= 4 is 5.91 Å². The number of nitrogens with one attached hydrogen (secondary N) is 1. The summed E-state index contributed by atoms with van der Waals surface area (Å²) in [5.41, 5.74) is 9.25. The van der Waals surface area contributed by atoms with Gasteiger partial charge >= 0.3 is 0 Å². The van der Waals surface area contributed by atoms with Crippen molar-refractivity contribution < 1.29 is 4.79 Å². The molecule has 0 spiro atoms. The Balaban J connectivity index is 1.66. The second kappa shape index (κ2) is 12.8. The van der Waals surface area contributed by atoms with E-state index in [1.165, 1.54) is 70.7 Å². The summed E-state index contributed by atoms with van der Waals surface area (Å²) >= 11 is 0. The maximum Gasteiger partial charge on any atom is 0.243 e. The van der Waals surface area contributed by atoms with Crippen LogP contribution in [0, 0.1) is 0 Å². The highest BCUT2D eigenvalue weighted by atomic mass is 16.1. The molecule has 0 unspecified atom stereocenters. The Morgan fingerprint density at radius 2 is 1.39 bits per heavy atom. The minimum absolute atomic E-state index is 0.108. The third-order valence-corrected chi connectivity index (χ3v) is 6.23. The molecule has 3 aromatic rings. The number of hydrogen-bond donors (Lipinski definition) is 1. The Hall–Kier alpha value is -3.13. The van der Waals surface area contributed by atoms with E-state index in [4.69, 9.17) is 0 Å². The molecule has 0 fully saturated rings. The molecule has 172 valence electrons. The molecule has 3 rings (SSSR count). The van der Waals surface area contributed by atoms with E-state index in [1.54, 1.807) is 0 Å². The highest BCUT2D eigenvalue weighted by molar-refractivity contribution is 5.86. The summed E-state index contributed by atoms with van der Waals surface area (Å²) in [4.78, 5) is 11.2. The molecule has 0 aliphatic heterocycles. The van der Waals surface area contributed by atoms with Crippen molar-refractivity contribution in [2.45, 2.75) is 58.8 Å². The van der Waals surface area contributed by atoms with Gasteiger partial charge in [-0.15, -0.1) is 0 Å². The second-order valence-electron chi connectivity index (χ2n) is 8.68. The van der Waals surface area contributed by atoms with Crippen LogP contribution in [0.3, 0.4) is 0 Å². The van der Waals surface area contributed by atoms with E-state index in [2.05, 4.69) is 92.5 Å². The number of unbranched alkanes of at least 4 members (excludes halogenated alkanes) is 2. The van der Waals surface area contributed by atoms with Gasteiger partial charge in [0.2, 0.25) is 5.91 Å². The summed E-state index contributed by atoms with van der Waals surface area (Å²) in [5, 5.41) is 2.83. The molecule has 3 aromatic carbocycles. The van der Waals surface area contributed by atoms with Crippen molar-refractivity contribution in [1.82, 2.24) is 5.32 Å². The van der Waals surface area contributed by atoms with Crippen molar-refractivity contribution in [2.75, 3.05) is 6.54 Å². The van der Waals surface area contributed by atoms with Gasteiger partial charge < -0.3 is 5.32 Å². The van der Waals surface area contributed by atoms with Crippen LogP contribution < -0.4 is 5.32 Å². The molecule has 0 aliphatic carbocycles. The van der Waals surface area contributed by atoms with E-state index in [0.29, 0.717) is 6.54 Å². The maximum atomic E-state index is 11.2. The van der Waals surface area contributed by atoms with Gasteiger partial charge in [-0.3, -0.25) is 4.79 Å². The minimum Gasteiger partial charge on any atom is -0.353 e. The van der Waals surface area contributed by atoms with Crippen LogP contribution in [0.15, 0.2) is 79.4 Å². The molecular weight excluding hydrogens is 402 g/mol. The zero-order valence-corrected chi connectivity index (χ0v) is 20.2. The number of amides is 1. The van der Waals surface area contributed by atoms with Gasteiger partial charge in [-0.05, 0) is 77.1 Å². The average Bonchev–Trinajstić information content (AvgIpc) is 2.87. The first-order valence-corrected chi connectivity index (χ1v) is 12.4. The predicted octanol–water partition coefficient (Wildman–Crippen LogP) is 7.55. The zero-order valence-electron chi connectivity index (χ0n) is 20.2. The summed E-state index contributed by atoms with van der Waals surface area (Å²) < 4.78 is 0. The summed E-state index contributed by atoms with van der Waals surface area (Å²) in [5.74, 6) is -0.108. The van der Waals surface area contributed by atoms with Crippen molar-refractivity contribution in [3.63, 3.8) is 0 Å². The second-order valence-corrected chi connectivity index (χ2v) is 8.68. The summed E-state index contributed by atoms with van der Waals surface area (Å²) in [7, 11) is 0. The Morgan fingerprint density at radius 1 is 0.788 bits per heavy atom. The number of rotatable bonds is 12. The molecule has 0 bridgehead atoms. The Kier molecular flexibility index (Phi) is 9.50. The van der Waals surface area contributed by atoms with Crippen LogP contribution in [0.5, 0.6) is 0 Å². The lowest BCUT2D eigenvalue weighted by Crippen LogP contribution is -2.22. The fourth-order valence-corrected chi connectivity index (χ4v) is 4.22. The van der Waals surface area contributed by atoms with Gasteiger partial charge in [0, 0.05) is 6.54 Å². The van der Waals surface area contributed by atoms with Crippen molar-refractivity contribution in [3.05, 3.63) is 96.1 Å². The van der Waals surface area contributed by atoms with Crippen molar-refractivity contribution in [3.8, 4) is 22.3 Å². The minimum atomic E-state index is -0.108. The standard InChI is InChI=1S/C31H37NO/c1-4-7-8-10-24-14-18-28(19-15-24)30-21-20-29(23-26(30)5-2)27-16-12-25(13-17-27)11-9-22-32-31(33)6-3/h6,12-21,23H,3-5,7-11,22H2,1-2H3,(H,32,33). The van der Waals surface area contributed by atoms with E-state index >= 15 is 0 Å². The molecular formula is C31H37NO. The lowest BCUT2D eigenvalue weighted by Gasteiger charge is -2.12. The highest BCUT2D eigenvalue weighted by Crippen LogP contribution is 2.30. The summed E-state index contributed by atoms with van der Waals surface area (Å²) in [6.45, 7) is 8.63. The zero-order chi connectivity index (χ0) is 23.5. The molecule has 0 radical (unpaired) electrons. The number of carbonyl (C=O) groups excluding carboxylic acids is 1. The van der Waals surface area contributed by atoms with Gasteiger partial charge in [0.05, 0.1) is 0 Å². The smallest absolute Gasteiger partial charge is 0.243 e. The van der Waals surface area contributed by atoms with Crippen molar-refractivity contribution in [2.24, 2.45) is 0 Å².